The van der Waals surface area contributed by atoms with E-state index in [0.29, 0.717) is 0 Å². The highest BCUT2D eigenvalue weighted by Crippen LogP contribution is 2.37. The summed E-state index contributed by atoms with van der Waals surface area (Å²) in [7, 11) is 0. The first-order chi connectivity index (χ1) is 7.31. The smallest absolute Gasteiger partial charge is 0.0564 e. The number of piperidine rings is 1. The van der Waals surface area contributed by atoms with Crippen molar-refractivity contribution in [3.63, 3.8) is 0 Å². The standard InChI is InChI=1S/C12H17N3/c13-10-3-4-14-11(6-10)8-15-7-9-1-2-12(15)5-9/h3-4,6,9,12H,1-2,5,7-8H2,(H2,13,14). The van der Waals surface area contributed by atoms with Gasteiger partial charge in [-0.15, -0.1) is 0 Å². The van der Waals surface area contributed by atoms with Gasteiger partial charge in [0.1, 0.15) is 0 Å². The van der Waals surface area contributed by atoms with Crippen LogP contribution in [0.4, 0.5) is 5.69 Å². The molecule has 1 aliphatic heterocycles. The van der Waals surface area contributed by atoms with Gasteiger partial charge in [0.25, 0.3) is 0 Å². The Bertz CT molecular complexity index is 364. The van der Waals surface area contributed by atoms with E-state index in [4.69, 9.17) is 5.73 Å². The average molecular weight is 203 g/mol. The number of hydrogen-bond acceptors (Lipinski definition) is 3. The molecule has 1 aliphatic carbocycles. The van der Waals surface area contributed by atoms with Gasteiger partial charge >= 0.3 is 0 Å². The molecule has 2 bridgehead atoms. The van der Waals surface area contributed by atoms with Crippen LogP contribution in [0.25, 0.3) is 0 Å². The van der Waals surface area contributed by atoms with E-state index in [9.17, 15) is 0 Å². The molecule has 3 nitrogen and oxygen atoms in total. The molecule has 80 valence electrons. The zero-order chi connectivity index (χ0) is 10.3. The maximum absolute atomic E-state index is 5.75. The number of rotatable bonds is 2. The van der Waals surface area contributed by atoms with E-state index in [-0.39, 0.29) is 0 Å². The quantitative estimate of drug-likeness (QED) is 0.794. The number of nitrogens with zero attached hydrogens (tertiary/aromatic N) is 2. The molecule has 0 radical (unpaired) electrons. The van der Waals surface area contributed by atoms with Crippen LogP contribution in [0.2, 0.25) is 0 Å². The lowest BCUT2D eigenvalue weighted by Gasteiger charge is -2.26. The molecule has 2 aliphatic rings. The Labute approximate surface area is 90.3 Å². The molecule has 1 saturated heterocycles. The number of hydrogen-bond donors (Lipinski definition) is 1. The Morgan fingerprint density at radius 2 is 2.40 bits per heavy atom. The number of likely N-dealkylation sites (tertiary alicyclic amines) is 1. The van der Waals surface area contributed by atoms with Crippen LogP contribution < -0.4 is 5.73 Å². The van der Waals surface area contributed by atoms with Gasteiger partial charge in [0, 0.05) is 31.0 Å². The van der Waals surface area contributed by atoms with Gasteiger partial charge in [-0.1, -0.05) is 0 Å². The lowest BCUT2D eigenvalue weighted by Crippen LogP contribution is -2.31. The first-order valence-corrected chi connectivity index (χ1v) is 5.76. The van der Waals surface area contributed by atoms with Gasteiger partial charge in [0.05, 0.1) is 5.69 Å². The second-order valence-electron chi connectivity index (χ2n) is 4.84. The molecule has 1 saturated carbocycles. The normalized spacial score (nSPS) is 29.9. The molecule has 2 unspecified atom stereocenters. The van der Waals surface area contributed by atoms with Gasteiger partial charge in [0.15, 0.2) is 0 Å². The zero-order valence-electron chi connectivity index (χ0n) is 8.89. The van der Waals surface area contributed by atoms with Crippen molar-refractivity contribution < 1.29 is 0 Å². The molecule has 3 heteroatoms. The lowest BCUT2D eigenvalue weighted by molar-refractivity contribution is 0.203. The summed E-state index contributed by atoms with van der Waals surface area (Å²) in [5.41, 5.74) is 7.69. The summed E-state index contributed by atoms with van der Waals surface area (Å²) in [5, 5.41) is 0. The van der Waals surface area contributed by atoms with Crippen molar-refractivity contribution >= 4 is 5.69 Å². The summed E-state index contributed by atoms with van der Waals surface area (Å²) in [6.07, 6.45) is 6.03. The van der Waals surface area contributed by atoms with Crippen LogP contribution in [-0.4, -0.2) is 22.5 Å². The zero-order valence-corrected chi connectivity index (χ0v) is 8.89. The van der Waals surface area contributed by atoms with E-state index < -0.39 is 0 Å². The number of nitrogen functional groups attached to an aromatic ring is 1. The van der Waals surface area contributed by atoms with Crippen LogP contribution in [0.1, 0.15) is 25.0 Å². The maximum atomic E-state index is 5.75. The Morgan fingerprint density at radius 1 is 1.47 bits per heavy atom. The number of anilines is 1. The molecule has 0 spiro atoms. The monoisotopic (exact) mass is 203 g/mol. The summed E-state index contributed by atoms with van der Waals surface area (Å²) in [5.74, 6) is 0.955. The fourth-order valence-electron chi connectivity index (χ4n) is 3.01. The highest BCUT2D eigenvalue weighted by atomic mass is 15.2. The highest BCUT2D eigenvalue weighted by Gasteiger charge is 2.37. The molecule has 15 heavy (non-hydrogen) atoms. The van der Waals surface area contributed by atoms with E-state index in [2.05, 4.69) is 9.88 Å². The van der Waals surface area contributed by atoms with E-state index in [1.165, 1.54) is 25.8 Å². The molecule has 1 aromatic heterocycles. The number of fused-ring (bicyclic) bond motifs is 2. The number of aromatic nitrogens is 1. The predicted molar refractivity (Wildman–Crippen MR) is 60.2 cm³/mol. The summed E-state index contributed by atoms with van der Waals surface area (Å²) < 4.78 is 0. The fraction of sp³-hybridized carbons (Fsp3) is 0.583. The maximum Gasteiger partial charge on any atom is 0.0564 e. The van der Waals surface area contributed by atoms with Gasteiger partial charge in [-0.2, -0.15) is 0 Å². The molecular formula is C12H17N3. The summed E-state index contributed by atoms with van der Waals surface area (Å²) in [6.45, 7) is 2.24. The van der Waals surface area contributed by atoms with Gasteiger partial charge in [0.2, 0.25) is 0 Å². The minimum absolute atomic E-state index is 0.818. The molecule has 3 rings (SSSR count). The van der Waals surface area contributed by atoms with Gasteiger partial charge in [-0.05, 0) is 37.3 Å². The minimum Gasteiger partial charge on any atom is -0.399 e. The highest BCUT2D eigenvalue weighted by molar-refractivity contribution is 5.37. The van der Waals surface area contributed by atoms with Crippen molar-refractivity contribution in [1.82, 2.24) is 9.88 Å². The first kappa shape index (κ1) is 9.16. The summed E-state index contributed by atoms with van der Waals surface area (Å²) in [6, 6.07) is 4.66. The largest absolute Gasteiger partial charge is 0.399 e. The van der Waals surface area contributed by atoms with Crippen LogP contribution in [-0.2, 0) is 6.54 Å². The van der Waals surface area contributed by atoms with E-state index in [1.54, 1.807) is 6.20 Å². The van der Waals surface area contributed by atoms with Crippen LogP contribution in [0.3, 0.4) is 0 Å². The third kappa shape index (κ3) is 1.72. The van der Waals surface area contributed by atoms with Gasteiger partial charge in [-0.3, -0.25) is 9.88 Å². The van der Waals surface area contributed by atoms with Crippen molar-refractivity contribution in [2.75, 3.05) is 12.3 Å². The lowest BCUT2D eigenvalue weighted by atomic mass is 10.1. The Kier molecular flexibility index (Phi) is 2.13. The van der Waals surface area contributed by atoms with E-state index in [1.807, 2.05) is 12.1 Å². The SMILES string of the molecule is Nc1ccnc(CN2CC3CCC2C3)c1. The van der Waals surface area contributed by atoms with Crippen LogP contribution >= 0.6 is 0 Å². The third-order valence-corrected chi connectivity index (χ3v) is 3.73. The van der Waals surface area contributed by atoms with Crippen molar-refractivity contribution in [2.45, 2.75) is 31.8 Å². The molecule has 2 N–H and O–H groups in total. The summed E-state index contributed by atoms with van der Waals surface area (Å²) >= 11 is 0. The predicted octanol–water partition coefficient (Wildman–Crippen LogP) is 1.65. The van der Waals surface area contributed by atoms with Gasteiger partial charge in [-0.25, -0.2) is 0 Å². The molecule has 1 aromatic rings. The summed E-state index contributed by atoms with van der Waals surface area (Å²) in [4.78, 5) is 6.93. The molecular weight excluding hydrogens is 186 g/mol. The third-order valence-electron chi connectivity index (χ3n) is 3.73. The molecule has 0 aromatic carbocycles. The van der Waals surface area contributed by atoms with Crippen LogP contribution in [0.15, 0.2) is 18.3 Å². The molecule has 2 fully saturated rings. The first-order valence-electron chi connectivity index (χ1n) is 5.76. The second-order valence-corrected chi connectivity index (χ2v) is 4.84. The Morgan fingerprint density at radius 3 is 3.07 bits per heavy atom. The second kappa shape index (κ2) is 3.49. The van der Waals surface area contributed by atoms with Crippen molar-refractivity contribution in [3.05, 3.63) is 24.0 Å². The number of pyridine rings is 1. The molecule has 2 atom stereocenters. The molecule has 0 amide bonds. The molecule has 2 heterocycles. The van der Waals surface area contributed by atoms with Crippen molar-refractivity contribution in [2.24, 2.45) is 5.92 Å². The fourth-order valence-corrected chi connectivity index (χ4v) is 3.01. The average Bonchev–Trinajstić information content (AvgIpc) is 2.79. The topological polar surface area (TPSA) is 42.1 Å². The van der Waals surface area contributed by atoms with Crippen molar-refractivity contribution in [1.29, 1.82) is 0 Å². The van der Waals surface area contributed by atoms with E-state index in [0.717, 1.165) is 29.9 Å². The van der Waals surface area contributed by atoms with Crippen LogP contribution in [0.5, 0.6) is 0 Å². The van der Waals surface area contributed by atoms with E-state index >= 15 is 0 Å². The Hall–Kier alpha value is -1.09. The van der Waals surface area contributed by atoms with Gasteiger partial charge < -0.3 is 5.73 Å². The Balaban J connectivity index is 1.71. The van der Waals surface area contributed by atoms with Crippen molar-refractivity contribution in [3.8, 4) is 0 Å². The van der Waals surface area contributed by atoms with Crippen LogP contribution in [0, 0.1) is 5.92 Å². The number of nitrogens with two attached hydrogens (primary N) is 1. The minimum atomic E-state index is 0.818.